The zero-order valence-electron chi connectivity index (χ0n) is 14.6. The predicted molar refractivity (Wildman–Crippen MR) is 104 cm³/mol. The van der Waals surface area contributed by atoms with E-state index in [9.17, 15) is 13.2 Å². The van der Waals surface area contributed by atoms with Crippen molar-refractivity contribution in [2.45, 2.75) is 17.6 Å². The molecule has 2 aromatic carbocycles. The van der Waals surface area contributed by atoms with Gasteiger partial charge in [-0.15, -0.1) is 0 Å². The molecule has 0 fully saturated rings. The molecule has 136 valence electrons. The summed E-state index contributed by atoms with van der Waals surface area (Å²) in [5, 5.41) is 2.77. The van der Waals surface area contributed by atoms with E-state index in [1.54, 1.807) is 36.7 Å². The third kappa shape index (κ3) is 3.29. The highest BCUT2D eigenvalue weighted by atomic mass is 32.2. The molecule has 1 aliphatic rings. The number of benzene rings is 2. The quantitative estimate of drug-likeness (QED) is 0.681. The Hall–Kier alpha value is -3.19. The number of aromatic amines is 1. The second-order valence-electron chi connectivity index (χ2n) is 6.38. The smallest absolute Gasteiger partial charge is 0.256 e. The fourth-order valence-corrected chi connectivity index (χ4v) is 4.40. The minimum absolute atomic E-state index is 0.0917. The topological polar surface area (TPSA) is 91.9 Å². The van der Waals surface area contributed by atoms with Gasteiger partial charge in [0, 0.05) is 16.9 Å². The summed E-state index contributed by atoms with van der Waals surface area (Å²) in [5.41, 5.74) is 3.75. The van der Waals surface area contributed by atoms with E-state index in [-0.39, 0.29) is 16.6 Å². The molecule has 0 unspecified atom stereocenters. The van der Waals surface area contributed by atoms with Gasteiger partial charge in [-0.1, -0.05) is 30.3 Å². The summed E-state index contributed by atoms with van der Waals surface area (Å²) in [4.78, 5) is 19.7. The van der Waals surface area contributed by atoms with E-state index in [2.05, 4.69) is 15.3 Å². The Kier molecular flexibility index (Phi) is 4.16. The summed E-state index contributed by atoms with van der Waals surface area (Å²) < 4.78 is 25.6. The van der Waals surface area contributed by atoms with Crippen molar-refractivity contribution in [2.75, 3.05) is 5.32 Å². The number of anilines is 1. The van der Waals surface area contributed by atoms with Crippen molar-refractivity contribution in [3.8, 4) is 0 Å². The third-order valence-corrected chi connectivity index (χ3v) is 6.17. The lowest BCUT2D eigenvalue weighted by Crippen LogP contribution is -2.05. The van der Waals surface area contributed by atoms with Gasteiger partial charge in [0.25, 0.3) is 5.91 Å². The van der Waals surface area contributed by atoms with Gasteiger partial charge in [-0.2, -0.15) is 0 Å². The molecule has 1 aliphatic heterocycles. The number of rotatable bonds is 4. The molecule has 3 aromatic rings. The van der Waals surface area contributed by atoms with E-state index in [0.29, 0.717) is 22.5 Å². The van der Waals surface area contributed by atoms with Crippen LogP contribution >= 0.6 is 0 Å². The Morgan fingerprint density at radius 3 is 2.59 bits per heavy atom. The molecule has 0 atom stereocenters. The SMILES string of the molecule is Cc1[nH]cnc1C=C1C(=O)Nc2ccc(S(=O)(=O)Cc3ccccc3)cc21. The van der Waals surface area contributed by atoms with Crippen LogP contribution in [0.25, 0.3) is 11.6 Å². The zero-order valence-corrected chi connectivity index (χ0v) is 15.4. The number of hydrogen-bond donors (Lipinski definition) is 2. The van der Waals surface area contributed by atoms with Crippen LogP contribution in [0.1, 0.15) is 22.5 Å². The predicted octanol–water partition coefficient (Wildman–Crippen LogP) is 3.18. The van der Waals surface area contributed by atoms with Crippen molar-refractivity contribution in [3.05, 3.63) is 77.4 Å². The highest BCUT2D eigenvalue weighted by Gasteiger charge is 2.27. The number of carbonyl (C=O) groups is 1. The lowest BCUT2D eigenvalue weighted by molar-refractivity contribution is -0.110. The summed E-state index contributed by atoms with van der Waals surface area (Å²) >= 11 is 0. The van der Waals surface area contributed by atoms with Gasteiger partial charge in [-0.25, -0.2) is 13.4 Å². The first-order chi connectivity index (χ1) is 12.9. The number of carbonyl (C=O) groups excluding carboxylic acids is 1. The van der Waals surface area contributed by atoms with Crippen LogP contribution in [-0.2, 0) is 20.4 Å². The van der Waals surface area contributed by atoms with Gasteiger partial charge in [0.05, 0.1) is 28.2 Å². The van der Waals surface area contributed by atoms with E-state index in [1.165, 1.54) is 6.07 Å². The van der Waals surface area contributed by atoms with Crippen LogP contribution in [0.15, 0.2) is 59.8 Å². The van der Waals surface area contributed by atoms with Crippen LogP contribution in [0.2, 0.25) is 0 Å². The molecule has 0 aliphatic carbocycles. The molecule has 7 heteroatoms. The molecule has 1 aromatic heterocycles. The number of imidazole rings is 1. The number of H-pyrrole nitrogens is 1. The van der Waals surface area contributed by atoms with Gasteiger partial charge in [0.2, 0.25) is 0 Å². The Balaban J connectivity index is 1.74. The van der Waals surface area contributed by atoms with Crippen molar-refractivity contribution >= 4 is 33.1 Å². The lowest BCUT2D eigenvalue weighted by atomic mass is 10.1. The molecule has 6 nitrogen and oxygen atoms in total. The summed E-state index contributed by atoms with van der Waals surface area (Å²) in [5.74, 6) is -0.365. The van der Waals surface area contributed by atoms with Crippen LogP contribution in [0.5, 0.6) is 0 Å². The number of nitrogens with zero attached hydrogens (tertiary/aromatic N) is 1. The highest BCUT2D eigenvalue weighted by Crippen LogP contribution is 2.35. The number of hydrogen-bond acceptors (Lipinski definition) is 4. The van der Waals surface area contributed by atoms with Gasteiger partial charge in [0.15, 0.2) is 9.84 Å². The second kappa shape index (κ2) is 6.51. The van der Waals surface area contributed by atoms with Crippen LogP contribution in [0.3, 0.4) is 0 Å². The second-order valence-corrected chi connectivity index (χ2v) is 8.37. The Morgan fingerprint density at radius 2 is 1.89 bits per heavy atom. The molecule has 2 heterocycles. The number of sulfone groups is 1. The van der Waals surface area contributed by atoms with Crippen LogP contribution < -0.4 is 5.32 Å². The minimum Gasteiger partial charge on any atom is -0.348 e. The molecule has 0 bridgehead atoms. The number of amides is 1. The Bertz CT molecular complexity index is 1160. The van der Waals surface area contributed by atoms with Crippen molar-refractivity contribution in [1.82, 2.24) is 9.97 Å². The van der Waals surface area contributed by atoms with Gasteiger partial charge in [-0.3, -0.25) is 4.79 Å². The normalized spacial score (nSPS) is 15.0. The molecule has 2 N–H and O–H groups in total. The monoisotopic (exact) mass is 379 g/mol. The van der Waals surface area contributed by atoms with Crippen LogP contribution in [0, 0.1) is 6.92 Å². The van der Waals surface area contributed by atoms with Gasteiger partial charge < -0.3 is 10.3 Å². The molecule has 1 amide bonds. The number of fused-ring (bicyclic) bond motifs is 1. The van der Waals surface area contributed by atoms with E-state index < -0.39 is 9.84 Å². The summed E-state index contributed by atoms with van der Waals surface area (Å²) in [6.07, 6.45) is 3.22. The molecule has 4 rings (SSSR count). The maximum absolute atomic E-state index is 12.8. The van der Waals surface area contributed by atoms with Crippen molar-refractivity contribution in [2.24, 2.45) is 0 Å². The molecule has 0 radical (unpaired) electrons. The lowest BCUT2D eigenvalue weighted by Gasteiger charge is -2.07. The van der Waals surface area contributed by atoms with Crippen molar-refractivity contribution < 1.29 is 13.2 Å². The van der Waals surface area contributed by atoms with Crippen molar-refractivity contribution in [1.29, 1.82) is 0 Å². The first-order valence-electron chi connectivity index (χ1n) is 8.38. The first kappa shape index (κ1) is 17.2. The maximum atomic E-state index is 12.8. The largest absolute Gasteiger partial charge is 0.348 e. The highest BCUT2D eigenvalue weighted by molar-refractivity contribution is 7.90. The summed E-state index contributed by atoms with van der Waals surface area (Å²) in [6, 6.07) is 13.7. The van der Waals surface area contributed by atoms with Gasteiger partial charge in [-0.05, 0) is 36.8 Å². The maximum Gasteiger partial charge on any atom is 0.256 e. The summed E-state index contributed by atoms with van der Waals surface area (Å²) in [7, 11) is -3.53. The standard InChI is InChI=1S/C20H17N3O3S/c1-13-19(22-12-21-13)10-17-16-9-15(7-8-18(16)23-20(17)24)27(25,26)11-14-5-3-2-4-6-14/h2-10,12H,11H2,1H3,(H,21,22)(H,23,24). The van der Waals surface area contributed by atoms with Gasteiger partial charge >= 0.3 is 0 Å². The fourth-order valence-electron chi connectivity index (χ4n) is 3.03. The molecule has 0 spiro atoms. The summed E-state index contributed by atoms with van der Waals surface area (Å²) in [6.45, 7) is 1.86. The van der Waals surface area contributed by atoms with E-state index in [4.69, 9.17) is 0 Å². The average molecular weight is 379 g/mol. The van der Waals surface area contributed by atoms with Gasteiger partial charge in [0.1, 0.15) is 0 Å². The number of aromatic nitrogens is 2. The average Bonchev–Trinajstić information content (AvgIpc) is 3.18. The molecule has 0 saturated carbocycles. The third-order valence-electron chi connectivity index (χ3n) is 4.48. The zero-order chi connectivity index (χ0) is 19.0. The molecular formula is C20H17N3O3S. The van der Waals surface area contributed by atoms with E-state index in [1.807, 2.05) is 25.1 Å². The molecule has 0 saturated heterocycles. The van der Waals surface area contributed by atoms with Crippen LogP contribution in [0.4, 0.5) is 5.69 Å². The number of aryl methyl sites for hydroxylation is 1. The molecule has 27 heavy (non-hydrogen) atoms. The number of nitrogens with one attached hydrogen (secondary N) is 2. The first-order valence-corrected chi connectivity index (χ1v) is 10.0. The van der Waals surface area contributed by atoms with Crippen LogP contribution in [-0.4, -0.2) is 24.3 Å². The Morgan fingerprint density at radius 1 is 1.11 bits per heavy atom. The minimum atomic E-state index is -3.53. The van der Waals surface area contributed by atoms with Crippen molar-refractivity contribution in [3.63, 3.8) is 0 Å². The Labute approximate surface area is 156 Å². The molecular weight excluding hydrogens is 362 g/mol. The van der Waals surface area contributed by atoms with E-state index in [0.717, 1.165) is 11.3 Å². The van der Waals surface area contributed by atoms with E-state index >= 15 is 0 Å². The fraction of sp³-hybridized carbons (Fsp3) is 0.100.